The third-order valence-corrected chi connectivity index (χ3v) is 3.72. The van der Waals surface area contributed by atoms with Gasteiger partial charge in [-0.05, 0) is 38.3 Å². The predicted octanol–water partition coefficient (Wildman–Crippen LogP) is 1.32. The number of likely N-dealkylation sites (N-methyl/N-ethyl adjacent to an activating group) is 2. The highest BCUT2D eigenvalue weighted by molar-refractivity contribution is 5.02. The van der Waals surface area contributed by atoms with E-state index < -0.39 is 0 Å². The normalized spacial score (nSPS) is 20.4. The molecule has 96 valence electrons. The summed E-state index contributed by atoms with van der Waals surface area (Å²) in [4.78, 5) is 2.45. The van der Waals surface area contributed by atoms with Gasteiger partial charge in [-0.15, -0.1) is 0 Å². The average molecular weight is 228 g/mol. The molecule has 0 saturated heterocycles. The maximum absolute atomic E-state index is 9.68. The van der Waals surface area contributed by atoms with Crippen molar-refractivity contribution >= 4 is 0 Å². The molecule has 0 bridgehead atoms. The van der Waals surface area contributed by atoms with Crippen molar-refractivity contribution in [3.05, 3.63) is 0 Å². The van der Waals surface area contributed by atoms with Gasteiger partial charge in [0.05, 0.1) is 12.1 Å². The Hall–Kier alpha value is -0.120. The van der Waals surface area contributed by atoms with Gasteiger partial charge in [0, 0.05) is 13.1 Å². The van der Waals surface area contributed by atoms with Crippen LogP contribution in [-0.2, 0) is 0 Å². The summed E-state index contributed by atoms with van der Waals surface area (Å²) in [5, 5.41) is 13.0. The molecule has 0 aromatic rings. The third-order valence-electron chi connectivity index (χ3n) is 3.72. The molecule has 0 aromatic carbocycles. The van der Waals surface area contributed by atoms with Crippen molar-refractivity contribution < 1.29 is 5.11 Å². The molecule has 1 saturated carbocycles. The number of hydrogen-bond donors (Lipinski definition) is 2. The lowest BCUT2D eigenvalue weighted by molar-refractivity contribution is 0.0936. The summed E-state index contributed by atoms with van der Waals surface area (Å²) in [6, 6.07) is 0. The molecule has 0 radical (unpaired) electrons. The van der Waals surface area contributed by atoms with Crippen molar-refractivity contribution in [3.8, 4) is 0 Å². The van der Waals surface area contributed by atoms with Crippen molar-refractivity contribution in [3.63, 3.8) is 0 Å². The maximum Gasteiger partial charge on any atom is 0.0628 e. The van der Waals surface area contributed by atoms with E-state index in [0.29, 0.717) is 11.8 Å². The van der Waals surface area contributed by atoms with Crippen LogP contribution >= 0.6 is 0 Å². The molecule has 0 aromatic heterocycles. The zero-order valence-corrected chi connectivity index (χ0v) is 11.3. The smallest absolute Gasteiger partial charge is 0.0628 e. The summed E-state index contributed by atoms with van der Waals surface area (Å²) in [5.41, 5.74) is -0.0646. The molecule has 0 aliphatic heterocycles. The van der Waals surface area contributed by atoms with Crippen LogP contribution in [0.4, 0.5) is 0 Å². The standard InChI is InChI=1S/C13H28N2O/c1-5-15(8-11(2)3)9-13(10-16,14-4)12-6-7-12/h11-12,14,16H,5-10H2,1-4H3. The van der Waals surface area contributed by atoms with Gasteiger partial charge in [0.25, 0.3) is 0 Å². The summed E-state index contributed by atoms with van der Waals surface area (Å²) in [6.07, 6.45) is 2.53. The topological polar surface area (TPSA) is 35.5 Å². The molecule has 0 amide bonds. The maximum atomic E-state index is 9.68. The summed E-state index contributed by atoms with van der Waals surface area (Å²) in [5.74, 6) is 1.36. The largest absolute Gasteiger partial charge is 0.394 e. The van der Waals surface area contributed by atoms with E-state index in [1.165, 1.54) is 12.8 Å². The highest BCUT2D eigenvalue weighted by Gasteiger charge is 2.44. The van der Waals surface area contributed by atoms with Gasteiger partial charge in [-0.1, -0.05) is 20.8 Å². The molecular weight excluding hydrogens is 200 g/mol. The number of aliphatic hydroxyl groups excluding tert-OH is 1. The fourth-order valence-corrected chi connectivity index (χ4v) is 2.53. The van der Waals surface area contributed by atoms with Crippen LogP contribution in [0.1, 0.15) is 33.6 Å². The Morgan fingerprint density at radius 1 is 1.44 bits per heavy atom. The molecule has 1 fully saturated rings. The molecule has 3 nitrogen and oxygen atoms in total. The second-order valence-corrected chi connectivity index (χ2v) is 5.56. The zero-order valence-electron chi connectivity index (χ0n) is 11.3. The van der Waals surface area contributed by atoms with Crippen molar-refractivity contribution in [2.75, 3.05) is 33.3 Å². The van der Waals surface area contributed by atoms with Crippen LogP contribution in [0.5, 0.6) is 0 Å². The first-order valence-corrected chi connectivity index (χ1v) is 6.60. The molecule has 0 heterocycles. The fourth-order valence-electron chi connectivity index (χ4n) is 2.53. The van der Waals surface area contributed by atoms with Crippen molar-refractivity contribution in [2.45, 2.75) is 39.2 Å². The number of aliphatic hydroxyl groups is 1. The molecular formula is C13H28N2O. The first-order chi connectivity index (χ1) is 7.57. The Morgan fingerprint density at radius 3 is 2.38 bits per heavy atom. The van der Waals surface area contributed by atoms with Crippen LogP contribution in [0.3, 0.4) is 0 Å². The van der Waals surface area contributed by atoms with Crippen LogP contribution in [0.2, 0.25) is 0 Å². The molecule has 0 spiro atoms. The van der Waals surface area contributed by atoms with Gasteiger partial charge >= 0.3 is 0 Å². The Morgan fingerprint density at radius 2 is 2.06 bits per heavy atom. The summed E-state index contributed by atoms with van der Waals surface area (Å²) in [7, 11) is 1.98. The number of hydrogen-bond acceptors (Lipinski definition) is 3. The molecule has 1 aliphatic rings. The van der Waals surface area contributed by atoms with Gasteiger partial charge in [-0.3, -0.25) is 0 Å². The van der Waals surface area contributed by atoms with E-state index in [-0.39, 0.29) is 12.1 Å². The van der Waals surface area contributed by atoms with E-state index >= 15 is 0 Å². The number of nitrogens with zero attached hydrogens (tertiary/aromatic N) is 1. The van der Waals surface area contributed by atoms with Crippen LogP contribution in [0, 0.1) is 11.8 Å². The highest BCUT2D eigenvalue weighted by atomic mass is 16.3. The van der Waals surface area contributed by atoms with E-state index in [0.717, 1.165) is 19.6 Å². The second kappa shape index (κ2) is 5.99. The van der Waals surface area contributed by atoms with Crippen molar-refractivity contribution in [1.82, 2.24) is 10.2 Å². The van der Waals surface area contributed by atoms with Gasteiger partial charge in [0.1, 0.15) is 0 Å². The van der Waals surface area contributed by atoms with Crippen molar-refractivity contribution in [2.24, 2.45) is 11.8 Å². The molecule has 3 heteroatoms. The van der Waals surface area contributed by atoms with E-state index in [1.54, 1.807) is 0 Å². The van der Waals surface area contributed by atoms with Crippen LogP contribution < -0.4 is 5.32 Å². The number of nitrogens with one attached hydrogen (secondary N) is 1. The van der Waals surface area contributed by atoms with E-state index in [9.17, 15) is 5.11 Å². The van der Waals surface area contributed by atoms with Gasteiger partial charge in [-0.2, -0.15) is 0 Å². The molecule has 16 heavy (non-hydrogen) atoms. The Bertz CT molecular complexity index is 198. The average Bonchev–Trinajstić information content (AvgIpc) is 3.08. The fraction of sp³-hybridized carbons (Fsp3) is 1.00. The molecule has 1 unspecified atom stereocenters. The van der Waals surface area contributed by atoms with Gasteiger partial charge in [0.15, 0.2) is 0 Å². The first kappa shape index (κ1) is 13.9. The summed E-state index contributed by atoms with van der Waals surface area (Å²) < 4.78 is 0. The van der Waals surface area contributed by atoms with Crippen LogP contribution in [-0.4, -0.2) is 48.8 Å². The Kier molecular flexibility index (Phi) is 5.22. The Labute approximate surface area is 100 Å². The Balaban J connectivity index is 2.57. The minimum Gasteiger partial charge on any atom is -0.394 e. The monoisotopic (exact) mass is 228 g/mol. The van der Waals surface area contributed by atoms with Gasteiger partial charge in [-0.25, -0.2) is 0 Å². The lowest BCUT2D eigenvalue weighted by atomic mass is 9.93. The van der Waals surface area contributed by atoms with E-state index in [1.807, 2.05) is 7.05 Å². The number of rotatable bonds is 8. The first-order valence-electron chi connectivity index (χ1n) is 6.60. The van der Waals surface area contributed by atoms with Gasteiger partial charge in [0.2, 0.25) is 0 Å². The quantitative estimate of drug-likeness (QED) is 0.658. The predicted molar refractivity (Wildman–Crippen MR) is 68.6 cm³/mol. The van der Waals surface area contributed by atoms with Crippen LogP contribution in [0.25, 0.3) is 0 Å². The molecule has 1 atom stereocenters. The summed E-state index contributed by atoms with van der Waals surface area (Å²) in [6.45, 7) is 10.1. The van der Waals surface area contributed by atoms with E-state index in [2.05, 4.69) is 31.0 Å². The third kappa shape index (κ3) is 3.44. The van der Waals surface area contributed by atoms with Crippen molar-refractivity contribution in [1.29, 1.82) is 0 Å². The summed E-state index contributed by atoms with van der Waals surface area (Å²) >= 11 is 0. The highest BCUT2D eigenvalue weighted by Crippen LogP contribution is 2.39. The van der Waals surface area contributed by atoms with E-state index in [4.69, 9.17) is 0 Å². The molecule has 1 rings (SSSR count). The lowest BCUT2D eigenvalue weighted by Gasteiger charge is -2.37. The minimum absolute atomic E-state index is 0.0646. The molecule has 2 N–H and O–H groups in total. The minimum atomic E-state index is -0.0646. The lowest BCUT2D eigenvalue weighted by Crippen LogP contribution is -2.57. The SMILES string of the molecule is CCN(CC(C)C)CC(CO)(NC)C1CC1. The second-order valence-electron chi connectivity index (χ2n) is 5.56. The van der Waals surface area contributed by atoms with Crippen LogP contribution in [0.15, 0.2) is 0 Å². The zero-order chi connectivity index (χ0) is 12.2. The molecule has 1 aliphatic carbocycles. The van der Waals surface area contributed by atoms with Gasteiger partial charge < -0.3 is 15.3 Å².